The van der Waals surface area contributed by atoms with E-state index in [1.807, 2.05) is 30.3 Å². The Kier molecular flexibility index (Phi) is 3.14. The lowest BCUT2D eigenvalue weighted by Gasteiger charge is -2.05. The van der Waals surface area contributed by atoms with Crippen LogP contribution in [0.25, 0.3) is 11.1 Å². The third kappa shape index (κ3) is 2.15. The fourth-order valence-corrected chi connectivity index (χ4v) is 1.67. The first-order valence-electron chi connectivity index (χ1n) is 5.16. The average molecular weight is 231 g/mol. The molecule has 0 unspecified atom stereocenters. The number of hydrogen-bond acceptors (Lipinski definition) is 3. The molecule has 0 amide bonds. The van der Waals surface area contributed by atoms with Crippen LogP contribution in [-0.2, 0) is 4.74 Å². The number of ether oxygens (including phenoxy) is 2. The summed E-state index contributed by atoms with van der Waals surface area (Å²) in [6.07, 6.45) is 1.71. The van der Waals surface area contributed by atoms with Gasteiger partial charge in [0.05, 0.1) is 14.2 Å². The van der Waals surface area contributed by atoms with Crippen LogP contribution < -0.4 is 4.74 Å². The first kappa shape index (κ1) is 11.3. The number of methoxy groups -OCH3 is 2. The number of carbonyl (C=O) groups excluding carboxylic acids is 1. The second kappa shape index (κ2) is 4.74. The van der Waals surface area contributed by atoms with Gasteiger partial charge in [0.25, 0.3) is 0 Å². The van der Waals surface area contributed by atoms with E-state index in [2.05, 4.69) is 4.98 Å². The minimum atomic E-state index is -0.382. The Balaban J connectivity index is 2.45. The third-order valence-electron chi connectivity index (χ3n) is 2.52. The van der Waals surface area contributed by atoms with Gasteiger partial charge in [0.1, 0.15) is 11.4 Å². The lowest BCUT2D eigenvalue weighted by Crippen LogP contribution is -2.03. The molecule has 0 bridgehead atoms. The molecule has 0 aliphatic heterocycles. The third-order valence-corrected chi connectivity index (χ3v) is 2.52. The summed E-state index contributed by atoms with van der Waals surface area (Å²) < 4.78 is 9.87. The minimum Gasteiger partial charge on any atom is -0.497 e. The van der Waals surface area contributed by atoms with Crippen molar-refractivity contribution in [3.05, 3.63) is 42.2 Å². The zero-order valence-electron chi connectivity index (χ0n) is 9.69. The number of H-pyrrole nitrogens is 1. The quantitative estimate of drug-likeness (QED) is 0.825. The summed E-state index contributed by atoms with van der Waals surface area (Å²) in [4.78, 5) is 14.4. The van der Waals surface area contributed by atoms with E-state index in [1.165, 1.54) is 7.11 Å². The predicted molar refractivity (Wildman–Crippen MR) is 64.1 cm³/mol. The number of carbonyl (C=O) groups is 1. The largest absolute Gasteiger partial charge is 0.497 e. The second-order valence-electron chi connectivity index (χ2n) is 3.49. The van der Waals surface area contributed by atoms with E-state index in [-0.39, 0.29) is 5.97 Å². The van der Waals surface area contributed by atoms with Gasteiger partial charge >= 0.3 is 5.97 Å². The number of aromatic nitrogens is 1. The van der Waals surface area contributed by atoms with Crippen LogP contribution in [0, 0.1) is 0 Å². The maximum atomic E-state index is 11.5. The molecule has 4 heteroatoms. The molecule has 2 rings (SSSR count). The van der Waals surface area contributed by atoms with Crippen molar-refractivity contribution in [2.45, 2.75) is 0 Å². The molecule has 1 aromatic carbocycles. The zero-order chi connectivity index (χ0) is 12.3. The van der Waals surface area contributed by atoms with Gasteiger partial charge in [0.15, 0.2) is 0 Å². The van der Waals surface area contributed by atoms with Gasteiger partial charge in [-0.3, -0.25) is 0 Å². The zero-order valence-corrected chi connectivity index (χ0v) is 9.69. The number of esters is 1. The van der Waals surface area contributed by atoms with Gasteiger partial charge in [-0.1, -0.05) is 12.1 Å². The highest BCUT2D eigenvalue weighted by Gasteiger charge is 2.14. The number of hydrogen-bond donors (Lipinski definition) is 1. The Morgan fingerprint density at radius 1 is 1.24 bits per heavy atom. The normalized spacial score (nSPS) is 10.0. The first-order chi connectivity index (χ1) is 8.26. The summed E-state index contributed by atoms with van der Waals surface area (Å²) >= 11 is 0. The fraction of sp³-hybridized carbons (Fsp3) is 0.154. The summed E-state index contributed by atoms with van der Waals surface area (Å²) in [5.74, 6) is 0.368. The molecule has 0 aliphatic rings. The van der Waals surface area contributed by atoms with Crippen LogP contribution in [0.5, 0.6) is 5.75 Å². The summed E-state index contributed by atoms with van der Waals surface area (Å²) in [5.41, 5.74) is 2.16. The van der Waals surface area contributed by atoms with Crippen LogP contribution in [0.15, 0.2) is 36.5 Å². The summed E-state index contributed by atoms with van der Waals surface area (Å²) in [5, 5.41) is 0. The summed E-state index contributed by atoms with van der Waals surface area (Å²) in [6, 6.07) is 9.35. The fourth-order valence-electron chi connectivity index (χ4n) is 1.67. The number of aromatic amines is 1. The van der Waals surface area contributed by atoms with E-state index in [1.54, 1.807) is 13.3 Å². The molecule has 1 N–H and O–H groups in total. The smallest absolute Gasteiger partial charge is 0.355 e. The molecule has 2 aromatic rings. The van der Waals surface area contributed by atoms with Gasteiger partial charge in [-0.25, -0.2) is 4.79 Å². The van der Waals surface area contributed by atoms with Crippen LogP contribution in [0.4, 0.5) is 0 Å². The molecular weight excluding hydrogens is 218 g/mol. The van der Waals surface area contributed by atoms with Crippen LogP contribution in [-0.4, -0.2) is 25.2 Å². The van der Waals surface area contributed by atoms with Crippen molar-refractivity contribution in [2.24, 2.45) is 0 Å². The van der Waals surface area contributed by atoms with Crippen LogP contribution in [0.1, 0.15) is 10.5 Å². The summed E-state index contributed by atoms with van der Waals surface area (Å²) in [7, 11) is 2.97. The van der Waals surface area contributed by atoms with E-state index >= 15 is 0 Å². The molecule has 0 fully saturated rings. The van der Waals surface area contributed by atoms with Gasteiger partial charge in [-0.2, -0.15) is 0 Å². The molecule has 17 heavy (non-hydrogen) atoms. The Hall–Kier alpha value is -2.23. The molecule has 1 aromatic heterocycles. The van der Waals surface area contributed by atoms with E-state index in [4.69, 9.17) is 9.47 Å². The predicted octanol–water partition coefficient (Wildman–Crippen LogP) is 2.48. The van der Waals surface area contributed by atoms with Crippen molar-refractivity contribution in [3.8, 4) is 16.9 Å². The van der Waals surface area contributed by atoms with Gasteiger partial charge < -0.3 is 14.5 Å². The molecule has 0 spiro atoms. The summed E-state index contributed by atoms with van der Waals surface area (Å²) in [6.45, 7) is 0. The molecule has 0 saturated carbocycles. The Bertz CT molecular complexity index is 531. The van der Waals surface area contributed by atoms with Crippen molar-refractivity contribution in [2.75, 3.05) is 14.2 Å². The molecule has 0 atom stereocenters. The van der Waals surface area contributed by atoms with Crippen molar-refractivity contribution in [3.63, 3.8) is 0 Å². The molecule has 0 saturated heterocycles. The highest BCUT2D eigenvalue weighted by Crippen LogP contribution is 2.26. The number of benzene rings is 1. The standard InChI is InChI=1S/C13H13NO3/c1-16-10-5-3-4-9(8-10)11-6-7-14-12(11)13(15)17-2/h3-8,14H,1-2H3. The lowest BCUT2D eigenvalue weighted by molar-refractivity contribution is 0.0596. The maximum absolute atomic E-state index is 11.5. The molecule has 0 radical (unpaired) electrons. The first-order valence-corrected chi connectivity index (χ1v) is 5.16. The van der Waals surface area contributed by atoms with Crippen LogP contribution in [0.2, 0.25) is 0 Å². The van der Waals surface area contributed by atoms with Crippen molar-refractivity contribution < 1.29 is 14.3 Å². The van der Waals surface area contributed by atoms with Crippen molar-refractivity contribution in [1.29, 1.82) is 0 Å². The van der Waals surface area contributed by atoms with Crippen LogP contribution in [0.3, 0.4) is 0 Å². The maximum Gasteiger partial charge on any atom is 0.355 e. The Morgan fingerprint density at radius 3 is 2.76 bits per heavy atom. The van der Waals surface area contributed by atoms with E-state index < -0.39 is 0 Å². The van der Waals surface area contributed by atoms with E-state index in [0.29, 0.717) is 5.69 Å². The van der Waals surface area contributed by atoms with Gasteiger partial charge in [0.2, 0.25) is 0 Å². The molecule has 1 heterocycles. The highest BCUT2D eigenvalue weighted by atomic mass is 16.5. The molecule has 0 aliphatic carbocycles. The molecule has 88 valence electrons. The second-order valence-corrected chi connectivity index (χ2v) is 3.49. The Morgan fingerprint density at radius 2 is 2.06 bits per heavy atom. The van der Waals surface area contributed by atoms with E-state index in [0.717, 1.165) is 16.9 Å². The SMILES string of the molecule is COC(=O)c1[nH]ccc1-c1cccc(OC)c1. The van der Waals surface area contributed by atoms with Crippen molar-refractivity contribution >= 4 is 5.97 Å². The number of rotatable bonds is 3. The monoisotopic (exact) mass is 231 g/mol. The lowest BCUT2D eigenvalue weighted by atomic mass is 10.1. The highest BCUT2D eigenvalue weighted by molar-refractivity contribution is 5.95. The molecular formula is C13H13NO3. The Labute approximate surface area is 99.2 Å². The minimum absolute atomic E-state index is 0.382. The van der Waals surface area contributed by atoms with Gasteiger partial charge in [-0.05, 0) is 23.8 Å². The van der Waals surface area contributed by atoms with Crippen molar-refractivity contribution in [1.82, 2.24) is 4.98 Å². The van der Waals surface area contributed by atoms with E-state index in [9.17, 15) is 4.79 Å². The van der Waals surface area contributed by atoms with Crippen LogP contribution >= 0.6 is 0 Å². The average Bonchev–Trinajstić information content (AvgIpc) is 2.87. The van der Waals surface area contributed by atoms with Gasteiger partial charge in [0, 0.05) is 11.8 Å². The number of nitrogens with one attached hydrogen (secondary N) is 1. The topological polar surface area (TPSA) is 51.3 Å². The molecule has 4 nitrogen and oxygen atoms in total. The van der Waals surface area contributed by atoms with Gasteiger partial charge in [-0.15, -0.1) is 0 Å².